The second-order valence-electron chi connectivity index (χ2n) is 3.61. The summed E-state index contributed by atoms with van der Waals surface area (Å²) in [6.45, 7) is 2.07. The smallest absolute Gasteiger partial charge is 0.282 e. The van der Waals surface area contributed by atoms with E-state index in [9.17, 15) is 4.79 Å². The molecule has 0 aromatic heterocycles. The molecule has 1 heterocycles. The molecule has 1 saturated heterocycles. The highest BCUT2D eigenvalue weighted by Gasteiger charge is 2.29. The highest BCUT2D eigenvalue weighted by molar-refractivity contribution is 8.13. The molecule has 74 valence electrons. The lowest BCUT2D eigenvalue weighted by Gasteiger charge is -2.18. The van der Waals surface area contributed by atoms with Gasteiger partial charge in [0.1, 0.15) is 0 Å². The number of amides is 1. The zero-order valence-corrected chi connectivity index (χ0v) is 9.17. The van der Waals surface area contributed by atoms with Crippen molar-refractivity contribution in [1.82, 2.24) is 4.90 Å². The van der Waals surface area contributed by atoms with Crippen LogP contribution in [0.25, 0.3) is 0 Å². The monoisotopic (exact) mass is 207 g/mol. The summed E-state index contributed by atoms with van der Waals surface area (Å²) in [6.07, 6.45) is 0. The molecule has 2 nitrogen and oxygen atoms in total. The van der Waals surface area contributed by atoms with Crippen LogP contribution in [0.5, 0.6) is 0 Å². The van der Waals surface area contributed by atoms with Gasteiger partial charge in [-0.05, 0) is 12.5 Å². The molecule has 1 aliphatic rings. The summed E-state index contributed by atoms with van der Waals surface area (Å²) in [6, 6.07) is 8.66. The molecule has 0 spiro atoms. The second kappa shape index (κ2) is 3.65. The van der Waals surface area contributed by atoms with Crippen LogP contribution in [-0.2, 0) is 0 Å². The minimum atomic E-state index is 0.176. The predicted molar refractivity (Wildman–Crippen MR) is 59.5 cm³/mol. The normalized spacial score (nSPS) is 21.7. The lowest BCUT2D eigenvalue weighted by molar-refractivity contribution is 0.226. The Morgan fingerprint density at radius 2 is 2.00 bits per heavy atom. The van der Waals surface area contributed by atoms with E-state index in [0.717, 1.165) is 5.75 Å². The quantitative estimate of drug-likeness (QED) is 0.705. The summed E-state index contributed by atoms with van der Waals surface area (Å²) in [4.78, 5) is 13.1. The molecule has 1 amide bonds. The predicted octanol–water partition coefficient (Wildman–Crippen LogP) is 2.83. The third kappa shape index (κ3) is 1.64. The molecule has 1 aliphatic heterocycles. The van der Waals surface area contributed by atoms with E-state index in [-0.39, 0.29) is 11.3 Å². The molecule has 1 fully saturated rings. The summed E-state index contributed by atoms with van der Waals surface area (Å²) in [7, 11) is 1.87. The topological polar surface area (TPSA) is 20.3 Å². The number of rotatable bonds is 1. The third-order valence-corrected chi connectivity index (χ3v) is 3.60. The molecule has 0 bridgehead atoms. The number of hydrogen-bond acceptors (Lipinski definition) is 2. The van der Waals surface area contributed by atoms with Crippen LogP contribution in [-0.4, -0.2) is 22.9 Å². The van der Waals surface area contributed by atoms with Crippen molar-refractivity contribution in [1.29, 1.82) is 0 Å². The fourth-order valence-corrected chi connectivity index (χ4v) is 2.65. The van der Waals surface area contributed by atoms with Crippen LogP contribution in [0.15, 0.2) is 24.3 Å². The van der Waals surface area contributed by atoms with Crippen molar-refractivity contribution in [3.05, 3.63) is 35.4 Å². The number of carbonyl (C=O) groups is 1. The molecular formula is C11H13NOS. The average molecular weight is 207 g/mol. The molecule has 0 radical (unpaired) electrons. The van der Waals surface area contributed by atoms with Crippen molar-refractivity contribution in [2.45, 2.75) is 13.0 Å². The van der Waals surface area contributed by atoms with Crippen LogP contribution in [0.1, 0.15) is 17.2 Å². The van der Waals surface area contributed by atoms with Gasteiger partial charge in [-0.3, -0.25) is 4.79 Å². The maximum atomic E-state index is 11.3. The van der Waals surface area contributed by atoms with Gasteiger partial charge in [0.25, 0.3) is 5.24 Å². The van der Waals surface area contributed by atoms with Crippen molar-refractivity contribution in [3.8, 4) is 0 Å². The molecule has 1 aromatic carbocycles. The summed E-state index contributed by atoms with van der Waals surface area (Å²) in [5.41, 5.74) is 2.49. The van der Waals surface area contributed by atoms with E-state index < -0.39 is 0 Å². The summed E-state index contributed by atoms with van der Waals surface area (Å²) < 4.78 is 0. The van der Waals surface area contributed by atoms with Crippen molar-refractivity contribution >= 4 is 17.0 Å². The Balaban J connectivity index is 2.23. The lowest BCUT2D eigenvalue weighted by Crippen LogP contribution is -2.21. The van der Waals surface area contributed by atoms with Crippen LogP contribution in [0.4, 0.5) is 4.79 Å². The number of nitrogens with zero attached hydrogens (tertiary/aromatic N) is 1. The van der Waals surface area contributed by atoms with Crippen molar-refractivity contribution in [2.75, 3.05) is 12.8 Å². The first-order valence-electron chi connectivity index (χ1n) is 4.64. The maximum Gasteiger partial charge on any atom is 0.282 e. The van der Waals surface area contributed by atoms with E-state index >= 15 is 0 Å². The van der Waals surface area contributed by atoms with Crippen LogP contribution >= 0.6 is 11.8 Å². The maximum absolute atomic E-state index is 11.3. The van der Waals surface area contributed by atoms with Gasteiger partial charge in [-0.15, -0.1) is 0 Å². The van der Waals surface area contributed by atoms with Gasteiger partial charge in [-0.2, -0.15) is 0 Å². The molecule has 3 heteroatoms. The van der Waals surface area contributed by atoms with Crippen LogP contribution in [0, 0.1) is 6.92 Å². The molecule has 14 heavy (non-hydrogen) atoms. The Labute approximate surface area is 88.3 Å². The number of thioether (sulfide) groups is 1. The SMILES string of the molecule is Cc1ccc(C2CSC(=O)N2C)cc1. The Kier molecular flexibility index (Phi) is 2.50. The lowest BCUT2D eigenvalue weighted by atomic mass is 10.1. The zero-order chi connectivity index (χ0) is 10.1. The van der Waals surface area contributed by atoms with Gasteiger partial charge >= 0.3 is 0 Å². The Hall–Kier alpha value is -0.960. The first-order chi connectivity index (χ1) is 6.68. The minimum absolute atomic E-state index is 0.176. The first-order valence-corrected chi connectivity index (χ1v) is 5.63. The van der Waals surface area contributed by atoms with Crippen molar-refractivity contribution in [3.63, 3.8) is 0 Å². The molecule has 0 aliphatic carbocycles. The minimum Gasteiger partial charge on any atom is -0.329 e. The van der Waals surface area contributed by atoms with E-state index in [1.165, 1.54) is 22.9 Å². The van der Waals surface area contributed by atoms with E-state index in [4.69, 9.17) is 0 Å². The largest absolute Gasteiger partial charge is 0.329 e. The number of benzene rings is 1. The summed E-state index contributed by atoms with van der Waals surface area (Å²) in [5, 5.41) is 0.176. The highest BCUT2D eigenvalue weighted by atomic mass is 32.2. The van der Waals surface area contributed by atoms with E-state index in [0.29, 0.717) is 0 Å². The molecule has 1 aromatic rings. The fraction of sp³-hybridized carbons (Fsp3) is 0.364. The number of aryl methyl sites for hydroxylation is 1. The van der Waals surface area contributed by atoms with Gasteiger partial charge in [0.05, 0.1) is 6.04 Å². The second-order valence-corrected chi connectivity index (χ2v) is 4.59. The molecular weight excluding hydrogens is 194 g/mol. The van der Waals surface area contributed by atoms with E-state index in [1.54, 1.807) is 0 Å². The number of hydrogen-bond donors (Lipinski definition) is 0. The highest BCUT2D eigenvalue weighted by Crippen LogP contribution is 2.33. The number of carbonyl (C=O) groups excluding carboxylic acids is 1. The van der Waals surface area contributed by atoms with E-state index in [2.05, 4.69) is 31.2 Å². The fourth-order valence-electron chi connectivity index (χ4n) is 1.60. The van der Waals surface area contributed by atoms with Gasteiger partial charge in [-0.1, -0.05) is 41.6 Å². The van der Waals surface area contributed by atoms with Gasteiger partial charge in [0, 0.05) is 12.8 Å². The van der Waals surface area contributed by atoms with Gasteiger partial charge in [0.15, 0.2) is 0 Å². The van der Waals surface area contributed by atoms with Crippen molar-refractivity contribution < 1.29 is 4.79 Å². The Morgan fingerprint density at radius 1 is 1.36 bits per heavy atom. The molecule has 1 unspecified atom stereocenters. The first kappa shape index (κ1) is 9.59. The Bertz CT molecular complexity index is 347. The standard InChI is InChI=1S/C11H13NOS/c1-8-3-5-9(6-4-8)10-7-14-11(13)12(10)2/h3-6,10H,7H2,1-2H3. The van der Waals surface area contributed by atoms with Crippen LogP contribution in [0.3, 0.4) is 0 Å². The molecule has 1 atom stereocenters. The molecule has 0 saturated carbocycles. The molecule has 0 N–H and O–H groups in total. The molecule has 2 rings (SSSR count). The van der Waals surface area contributed by atoms with Gasteiger partial charge in [0.2, 0.25) is 0 Å². The zero-order valence-electron chi connectivity index (χ0n) is 8.36. The third-order valence-electron chi connectivity index (χ3n) is 2.58. The average Bonchev–Trinajstić information content (AvgIpc) is 2.50. The van der Waals surface area contributed by atoms with Gasteiger partial charge < -0.3 is 4.90 Å². The van der Waals surface area contributed by atoms with Crippen LogP contribution < -0.4 is 0 Å². The van der Waals surface area contributed by atoms with Gasteiger partial charge in [-0.25, -0.2) is 0 Å². The van der Waals surface area contributed by atoms with Crippen LogP contribution in [0.2, 0.25) is 0 Å². The summed E-state index contributed by atoms with van der Waals surface area (Å²) in [5.74, 6) is 0.873. The van der Waals surface area contributed by atoms with E-state index in [1.807, 2.05) is 11.9 Å². The van der Waals surface area contributed by atoms with Crippen molar-refractivity contribution in [2.24, 2.45) is 0 Å². The summed E-state index contributed by atoms with van der Waals surface area (Å²) >= 11 is 1.40. The Morgan fingerprint density at radius 3 is 2.50 bits per heavy atom.